The second-order valence-corrected chi connectivity index (χ2v) is 4.58. The van der Waals surface area contributed by atoms with Gasteiger partial charge in [-0.25, -0.2) is 8.78 Å². The molecule has 0 fully saturated rings. The van der Waals surface area contributed by atoms with E-state index >= 15 is 0 Å². The van der Waals surface area contributed by atoms with Crippen LogP contribution in [0.15, 0.2) is 42.5 Å². The summed E-state index contributed by atoms with van der Waals surface area (Å²) in [4.78, 5) is 12.0. The van der Waals surface area contributed by atoms with Gasteiger partial charge in [-0.15, -0.1) is 0 Å². The van der Waals surface area contributed by atoms with Crippen molar-refractivity contribution in [3.63, 3.8) is 0 Å². The topological polar surface area (TPSA) is 35.5 Å². The molecule has 0 unspecified atom stereocenters. The molecule has 0 amide bonds. The number of rotatable bonds is 6. The van der Waals surface area contributed by atoms with Crippen LogP contribution < -0.4 is 9.47 Å². The normalized spacial score (nSPS) is 11.1. The molecule has 24 heavy (non-hydrogen) atoms. The molecule has 7 heteroatoms. The van der Waals surface area contributed by atoms with E-state index in [9.17, 15) is 22.4 Å². The monoisotopic (exact) mass is 340 g/mol. The molecular weight excluding hydrogens is 328 g/mol. The first-order valence-corrected chi connectivity index (χ1v) is 6.71. The van der Waals surface area contributed by atoms with Crippen LogP contribution in [0.25, 0.3) is 6.08 Å². The van der Waals surface area contributed by atoms with Crippen molar-refractivity contribution >= 4 is 11.9 Å². The average Bonchev–Trinajstić information content (AvgIpc) is 2.53. The summed E-state index contributed by atoms with van der Waals surface area (Å²) in [6.07, 6.45) is 2.16. The zero-order chi connectivity index (χ0) is 17.7. The van der Waals surface area contributed by atoms with Crippen molar-refractivity contribution in [2.24, 2.45) is 0 Å². The third-order valence-corrected chi connectivity index (χ3v) is 3.05. The molecule has 0 N–H and O–H groups in total. The molecule has 0 aromatic heterocycles. The fourth-order valence-electron chi connectivity index (χ4n) is 1.98. The van der Waals surface area contributed by atoms with Gasteiger partial charge in [0, 0.05) is 11.6 Å². The summed E-state index contributed by atoms with van der Waals surface area (Å²) in [7, 11) is 1.28. The minimum atomic E-state index is -3.08. The van der Waals surface area contributed by atoms with Gasteiger partial charge in [0.1, 0.15) is 11.6 Å². The Bertz CT molecular complexity index is 772. The fraction of sp³-hybridized carbons (Fsp3) is 0.118. The van der Waals surface area contributed by atoms with Crippen LogP contribution in [0.1, 0.15) is 15.9 Å². The van der Waals surface area contributed by atoms with Gasteiger partial charge in [-0.05, 0) is 30.4 Å². The summed E-state index contributed by atoms with van der Waals surface area (Å²) in [5.41, 5.74) is -0.197. The van der Waals surface area contributed by atoms with Gasteiger partial charge in [-0.3, -0.25) is 4.79 Å². The maximum Gasteiger partial charge on any atom is 0.387 e. The smallest absolute Gasteiger partial charge is 0.387 e. The molecule has 0 radical (unpaired) electrons. The number of halogens is 4. The third-order valence-electron chi connectivity index (χ3n) is 3.05. The number of hydrogen-bond acceptors (Lipinski definition) is 3. The quantitative estimate of drug-likeness (QED) is 0.442. The maximum atomic E-state index is 13.6. The lowest BCUT2D eigenvalue weighted by atomic mass is 10.1. The highest BCUT2D eigenvalue weighted by Crippen LogP contribution is 2.33. The molecule has 126 valence electrons. The number of allylic oxidation sites excluding steroid dienone is 1. The Morgan fingerprint density at radius 2 is 1.92 bits per heavy atom. The maximum absolute atomic E-state index is 13.6. The molecule has 2 rings (SSSR count). The molecule has 0 heterocycles. The van der Waals surface area contributed by atoms with Gasteiger partial charge in [0.25, 0.3) is 0 Å². The molecule has 3 nitrogen and oxygen atoms in total. The Labute approximate surface area is 135 Å². The summed E-state index contributed by atoms with van der Waals surface area (Å²) < 4.78 is 60.8. The number of methoxy groups -OCH3 is 1. The number of hydrogen-bond donors (Lipinski definition) is 0. The lowest BCUT2D eigenvalue weighted by Crippen LogP contribution is -2.05. The Morgan fingerprint density at radius 3 is 2.54 bits per heavy atom. The van der Waals surface area contributed by atoms with Gasteiger partial charge < -0.3 is 9.47 Å². The van der Waals surface area contributed by atoms with Crippen LogP contribution in [0.2, 0.25) is 0 Å². The second kappa shape index (κ2) is 7.63. The van der Waals surface area contributed by atoms with E-state index in [1.165, 1.54) is 31.4 Å². The van der Waals surface area contributed by atoms with Gasteiger partial charge >= 0.3 is 6.61 Å². The van der Waals surface area contributed by atoms with Gasteiger partial charge in [-0.1, -0.05) is 12.1 Å². The zero-order valence-electron chi connectivity index (χ0n) is 12.4. The first-order chi connectivity index (χ1) is 11.4. The Kier molecular flexibility index (Phi) is 5.57. The summed E-state index contributed by atoms with van der Waals surface area (Å²) in [5.74, 6) is -2.78. The Balaban J connectivity index is 2.32. The van der Waals surface area contributed by atoms with E-state index in [1.54, 1.807) is 0 Å². The highest BCUT2D eigenvalue weighted by molar-refractivity contribution is 6.07. The van der Waals surface area contributed by atoms with Crippen LogP contribution in [-0.4, -0.2) is 19.5 Å². The van der Waals surface area contributed by atoms with Crippen LogP contribution in [0, 0.1) is 11.6 Å². The predicted molar refractivity (Wildman–Crippen MR) is 79.3 cm³/mol. The van der Waals surface area contributed by atoms with E-state index in [1.807, 2.05) is 0 Å². The fourth-order valence-corrected chi connectivity index (χ4v) is 1.98. The molecule has 0 spiro atoms. The molecule has 2 aromatic rings. The highest BCUT2D eigenvalue weighted by atomic mass is 19.3. The van der Waals surface area contributed by atoms with E-state index < -0.39 is 24.0 Å². The molecule has 0 aliphatic heterocycles. The van der Waals surface area contributed by atoms with E-state index in [-0.39, 0.29) is 22.6 Å². The van der Waals surface area contributed by atoms with Crippen molar-refractivity contribution in [1.29, 1.82) is 0 Å². The van der Waals surface area contributed by atoms with Gasteiger partial charge in [0.15, 0.2) is 17.3 Å². The molecule has 0 atom stereocenters. The number of ether oxygens (including phenoxy) is 2. The minimum Gasteiger partial charge on any atom is -0.493 e. The van der Waals surface area contributed by atoms with Crippen LogP contribution in [0.4, 0.5) is 17.6 Å². The molecule has 0 aliphatic carbocycles. The van der Waals surface area contributed by atoms with Crippen molar-refractivity contribution in [3.05, 3.63) is 65.2 Å². The Morgan fingerprint density at radius 1 is 1.17 bits per heavy atom. The van der Waals surface area contributed by atoms with Crippen LogP contribution in [-0.2, 0) is 0 Å². The molecule has 0 saturated heterocycles. The van der Waals surface area contributed by atoms with Crippen molar-refractivity contribution in [2.45, 2.75) is 6.61 Å². The Hall–Kier alpha value is -2.83. The number of alkyl halides is 2. The van der Waals surface area contributed by atoms with Gasteiger partial charge in [0.05, 0.1) is 12.7 Å². The summed E-state index contributed by atoms with van der Waals surface area (Å²) in [6.45, 7) is -3.08. The van der Waals surface area contributed by atoms with Crippen LogP contribution in [0.5, 0.6) is 11.5 Å². The van der Waals surface area contributed by atoms with E-state index in [4.69, 9.17) is 4.74 Å². The minimum absolute atomic E-state index is 0.0536. The van der Waals surface area contributed by atoms with Crippen molar-refractivity contribution in [3.8, 4) is 11.5 Å². The van der Waals surface area contributed by atoms with E-state index in [0.29, 0.717) is 6.07 Å². The lowest BCUT2D eigenvalue weighted by Gasteiger charge is -2.12. The van der Waals surface area contributed by atoms with Crippen LogP contribution in [0.3, 0.4) is 0 Å². The number of benzene rings is 2. The lowest BCUT2D eigenvalue weighted by molar-refractivity contribution is -0.0513. The summed E-state index contributed by atoms with van der Waals surface area (Å²) in [5, 5.41) is 0. The van der Waals surface area contributed by atoms with E-state index in [0.717, 1.165) is 18.2 Å². The largest absolute Gasteiger partial charge is 0.493 e. The van der Waals surface area contributed by atoms with Crippen molar-refractivity contribution in [1.82, 2.24) is 0 Å². The number of para-hydroxylation sites is 1. The van der Waals surface area contributed by atoms with Crippen LogP contribution >= 0.6 is 0 Å². The first-order valence-electron chi connectivity index (χ1n) is 6.71. The first kappa shape index (κ1) is 17.5. The van der Waals surface area contributed by atoms with Crippen molar-refractivity contribution in [2.75, 3.05) is 7.11 Å². The van der Waals surface area contributed by atoms with Gasteiger partial charge in [0.2, 0.25) is 0 Å². The predicted octanol–water partition coefficient (Wildman–Crippen LogP) is 4.47. The molecular formula is C17H12F4O3. The summed E-state index contributed by atoms with van der Waals surface area (Å²) >= 11 is 0. The average molecular weight is 340 g/mol. The third kappa shape index (κ3) is 4.13. The molecule has 2 aromatic carbocycles. The van der Waals surface area contributed by atoms with Crippen molar-refractivity contribution < 1.29 is 31.8 Å². The molecule has 0 bridgehead atoms. The SMILES string of the molecule is COc1cccc(C=CC(=O)c2ccc(F)cc2F)c1OC(F)F. The second-order valence-electron chi connectivity index (χ2n) is 4.58. The number of carbonyl (C=O) groups is 1. The number of carbonyl (C=O) groups excluding carboxylic acids is 1. The zero-order valence-corrected chi connectivity index (χ0v) is 12.4. The van der Waals surface area contributed by atoms with E-state index in [2.05, 4.69) is 4.74 Å². The standard InChI is InChI=1S/C17H12F4O3/c1-23-15-4-2-3-10(16(15)24-17(20)21)5-8-14(22)12-7-6-11(18)9-13(12)19/h2-9,17H,1H3. The summed E-state index contributed by atoms with van der Waals surface area (Å²) in [6, 6.07) is 6.87. The number of ketones is 1. The van der Waals surface area contributed by atoms with Gasteiger partial charge in [-0.2, -0.15) is 8.78 Å². The molecule has 0 aliphatic rings. The highest BCUT2D eigenvalue weighted by Gasteiger charge is 2.15. The molecule has 0 saturated carbocycles.